The van der Waals surface area contributed by atoms with E-state index in [0.717, 1.165) is 25.3 Å². The van der Waals surface area contributed by atoms with E-state index in [4.69, 9.17) is 0 Å². The average Bonchev–Trinajstić information content (AvgIpc) is 2.42. The third-order valence-electron chi connectivity index (χ3n) is 4.17. The Morgan fingerprint density at radius 3 is 2.53 bits per heavy atom. The van der Waals surface area contributed by atoms with Crippen LogP contribution in [-0.2, 0) is 6.42 Å². The quantitative estimate of drug-likeness (QED) is 0.850. The second-order valence-electron chi connectivity index (χ2n) is 5.97. The number of rotatable bonds is 6. The van der Waals surface area contributed by atoms with Crippen LogP contribution in [0.15, 0.2) is 30.3 Å². The van der Waals surface area contributed by atoms with Gasteiger partial charge in [0, 0.05) is 0 Å². The molecule has 1 atom stereocenters. The summed E-state index contributed by atoms with van der Waals surface area (Å²) in [6.07, 6.45) is 5.80. The Morgan fingerprint density at radius 2 is 1.89 bits per heavy atom. The molecular formula is C17H27NO. The molecule has 0 spiro atoms. The van der Waals surface area contributed by atoms with Crippen LogP contribution in [0.2, 0.25) is 0 Å². The minimum atomic E-state index is -0.143. The summed E-state index contributed by atoms with van der Waals surface area (Å²) in [5.74, 6) is 0.857. The fourth-order valence-corrected chi connectivity index (χ4v) is 2.97. The summed E-state index contributed by atoms with van der Waals surface area (Å²) in [7, 11) is 0. The van der Waals surface area contributed by atoms with Gasteiger partial charge in [-0.1, -0.05) is 30.3 Å². The van der Waals surface area contributed by atoms with E-state index in [-0.39, 0.29) is 6.10 Å². The Kier molecular flexibility index (Phi) is 5.87. The highest BCUT2D eigenvalue weighted by Gasteiger charge is 2.18. The molecule has 0 radical (unpaired) electrons. The number of aliphatic hydroxyl groups excluding tert-OH is 1. The van der Waals surface area contributed by atoms with Crippen molar-refractivity contribution in [3.05, 3.63) is 35.9 Å². The predicted octanol–water partition coefficient (Wildman–Crippen LogP) is 3.10. The molecule has 1 aliphatic rings. The monoisotopic (exact) mass is 261 g/mol. The van der Waals surface area contributed by atoms with E-state index in [1.165, 1.54) is 37.9 Å². The van der Waals surface area contributed by atoms with Gasteiger partial charge in [-0.05, 0) is 70.1 Å². The Hall–Kier alpha value is -0.860. The summed E-state index contributed by atoms with van der Waals surface area (Å²) in [6.45, 7) is 5.50. The molecule has 0 aliphatic carbocycles. The van der Waals surface area contributed by atoms with Gasteiger partial charge in [0.15, 0.2) is 0 Å². The zero-order valence-corrected chi connectivity index (χ0v) is 12.1. The van der Waals surface area contributed by atoms with Crippen molar-refractivity contribution in [1.29, 1.82) is 0 Å². The number of aliphatic hydroxyl groups is 1. The highest BCUT2D eigenvalue weighted by molar-refractivity contribution is 5.15. The molecule has 106 valence electrons. The van der Waals surface area contributed by atoms with Crippen LogP contribution in [0.3, 0.4) is 0 Å². The maximum absolute atomic E-state index is 9.27. The van der Waals surface area contributed by atoms with Crippen molar-refractivity contribution in [2.75, 3.05) is 19.6 Å². The lowest BCUT2D eigenvalue weighted by atomic mass is 9.90. The van der Waals surface area contributed by atoms with Gasteiger partial charge >= 0.3 is 0 Å². The lowest BCUT2D eigenvalue weighted by molar-refractivity contribution is 0.152. The Morgan fingerprint density at radius 1 is 1.21 bits per heavy atom. The van der Waals surface area contributed by atoms with Crippen molar-refractivity contribution >= 4 is 0 Å². The molecule has 1 unspecified atom stereocenters. The van der Waals surface area contributed by atoms with E-state index in [0.29, 0.717) is 0 Å². The van der Waals surface area contributed by atoms with E-state index in [1.807, 2.05) is 6.92 Å². The smallest absolute Gasteiger partial charge is 0.0512 e. The van der Waals surface area contributed by atoms with E-state index in [1.54, 1.807) is 0 Å². The first kappa shape index (κ1) is 14.5. The molecule has 1 heterocycles. The molecule has 1 saturated heterocycles. The average molecular weight is 261 g/mol. The van der Waals surface area contributed by atoms with Crippen molar-refractivity contribution in [2.45, 2.75) is 45.1 Å². The van der Waals surface area contributed by atoms with Crippen LogP contribution in [0, 0.1) is 5.92 Å². The van der Waals surface area contributed by atoms with Crippen LogP contribution >= 0.6 is 0 Å². The molecule has 0 bridgehead atoms. The number of hydrogen-bond acceptors (Lipinski definition) is 2. The van der Waals surface area contributed by atoms with E-state index in [9.17, 15) is 5.11 Å². The summed E-state index contributed by atoms with van der Waals surface area (Å²) in [5.41, 5.74) is 1.48. The third kappa shape index (κ3) is 5.33. The Labute approximate surface area is 117 Å². The van der Waals surface area contributed by atoms with Gasteiger partial charge in [0.25, 0.3) is 0 Å². The highest BCUT2D eigenvalue weighted by Crippen LogP contribution is 2.21. The fourth-order valence-electron chi connectivity index (χ4n) is 2.97. The van der Waals surface area contributed by atoms with Crippen LogP contribution in [0.5, 0.6) is 0 Å². The van der Waals surface area contributed by atoms with Crippen LogP contribution in [0.25, 0.3) is 0 Å². The fraction of sp³-hybridized carbons (Fsp3) is 0.647. The van der Waals surface area contributed by atoms with Crippen LogP contribution in [0.4, 0.5) is 0 Å². The first-order chi connectivity index (χ1) is 9.24. The SMILES string of the molecule is CC(O)CCCN1CCC(Cc2ccccc2)CC1. The number of nitrogens with zero attached hydrogens (tertiary/aromatic N) is 1. The molecule has 2 heteroatoms. The summed E-state index contributed by atoms with van der Waals surface area (Å²) in [6, 6.07) is 10.9. The van der Waals surface area contributed by atoms with Gasteiger partial charge in [0.1, 0.15) is 0 Å². The van der Waals surface area contributed by atoms with Gasteiger partial charge in [-0.2, -0.15) is 0 Å². The second-order valence-corrected chi connectivity index (χ2v) is 5.97. The van der Waals surface area contributed by atoms with Crippen LogP contribution in [-0.4, -0.2) is 35.7 Å². The summed E-state index contributed by atoms with van der Waals surface area (Å²) in [5, 5.41) is 9.27. The normalized spacial score (nSPS) is 19.5. The topological polar surface area (TPSA) is 23.5 Å². The van der Waals surface area contributed by atoms with Gasteiger partial charge in [-0.15, -0.1) is 0 Å². The Bertz CT molecular complexity index is 342. The molecule has 19 heavy (non-hydrogen) atoms. The molecule has 2 rings (SSSR count). The molecule has 0 saturated carbocycles. The zero-order valence-electron chi connectivity index (χ0n) is 12.1. The van der Waals surface area contributed by atoms with Crippen molar-refractivity contribution in [1.82, 2.24) is 4.90 Å². The van der Waals surface area contributed by atoms with Gasteiger partial charge in [0.2, 0.25) is 0 Å². The minimum Gasteiger partial charge on any atom is -0.393 e. The molecule has 0 amide bonds. The number of likely N-dealkylation sites (tertiary alicyclic amines) is 1. The van der Waals surface area contributed by atoms with Gasteiger partial charge < -0.3 is 10.0 Å². The number of piperidine rings is 1. The van der Waals surface area contributed by atoms with Gasteiger partial charge in [-0.3, -0.25) is 0 Å². The van der Waals surface area contributed by atoms with Gasteiger partial charge in [-0.25, -0.2) is 0 Å². The van der Waals surface area contributed by atoms with Crippen LogP contribution < -0.4 is 0 Å². The standard InChI is InChI=1S/C17H27NO/c1-15(19)6-5-11-18-12-9-17(10-13-18)14-16-7-3-2-4-8-16/h2-4,7-8,15,17,19H,5-6,9-14H2,1H3. The molecule has 1 aromatic carbocycles. The molecule has 0 aromatic heterocycles. The van der Waals surface area contributed by atoms with E-state index in [2.05, 4.69) is 35.2 Å². The molecular weight excluding hydrogens is 234 g/mol. The maximum Gasteiger partial charge on any atom is 0.0512 e. The van der Waals surface area contributed by atoms with Crippen LogP contribution in [0.1, 0.15) is 38.2 Å². The number of benzene rings is 1. The summed E-state index contributed by atoms with van der Waals surface area (Å²) in [4.78, 5) is 2.56. The second kappa shape index (κ2) is 7.66. The predicted molar refractivity (Wildman–Crippen MR) is 80.2 cm³/mol. The molecule has 1 aliphatic heterocycles. The van der Waals surface area contributed by atoms with E-state index >= 15 is 0 Å². The van der Waals surface area contributed by atoms with Gasteiger partial charge in [0.05, 0.1) is 6.10 Å². The molecule has 1 aromatic rings. The third-order valence-corrected chi connectivity index (χ3v) is 4.17. The highest BCUT2D eigenvalue weighted by atomic mass is 16.3. The zero-order chi connectivity index (χ0) is 13.5. The Balaban J connectivity index is 1.65. The first-order valence-electron chi connectivity index (χ1n) is 7.68. The van der Waals surface area contributed by atoms with Crippen molar-refractivity contribution in [2.24, 2.45) is 5.92 Å². The molecule has 1 N–H and O–H groups in total. The van der Waals surface area contributed by atoms with Crippen molar-refractivity contribution < 1.29 is 5.11 Å². The molecule has 1 fully saturated rings. The molecule has 2 nitrogen and oxygen atoms in total. The van der Waals surface area contributed by atoms with E-state index < -0.39 is 0 Å². The minimum absolute atomic E-state index is 0.143. The number of hydrogen-bond donors (Lipinski definition) is 1. The van der Waals surface area contributed by atoms with Crippen molar-refractivity contribution in [3.8, 4) is 0 Å². The lowest BCUT2D eigenvalue weighted by Crippen LogP contribution is -2.35. The largest absolute Gasteiger partial charge is 0.393 e. The summed E-state index contributed by atoms with van der Waals surface area (Å²) >= 11 is 0. The summed E-state index contributed by atoms with van der Waals surface area (Å²) < 4.78 is 0. The maximum atomic E-state index is 9.27. The lowest BCUT2D eigenvalue weighted by Gasteiger charge is -2.32. The van der Waals surface area contributed by atoms with Crippen molar-refractivity contribution in [3.63, 3.8) is 0 Å². The first-order valence-corrected chi connectivity index (χ1v) is 7.68.